The topological polar surface area (TPSA) is 199 Å². The third-order valence-electron chi connectivity index (χ3n) is 3.87. The van der Waals surface area contributed by atoms with Crippen molar-refractivity contribution in [2.24, 2.45) is 17.2 Å². The summed E-state index contributed by atoms with van der Waals surface area (Å²) in [4.78, 5) is 58.7. The van der Waals surface area contributed by atoms with Gasteiger partial charge in [-0.3, -0.25) is 19.2 Å². The average molecular weight is 357 g/mol. The van der Waals surface area contributed by atoms with E-state index in [-0.39, 0.29) is 25.8 Å². The average Bonchev–Trinajstić information content (AvgIpc) is 2.98. The molecular formula is C14H23N5O6. The van der Waals surface area contributed by atoms with Gasteiger partial charge in [0.25, 0.3) is 0 Å². The maximum atomic E-state index is 12.3. The van der Waals surface area contributed by atoms with Crippen molar-refractivity contribution in [1.29, 1.82) is 0 Å². The van der Waals surface area contributed by atoms with Crippen molar-refractivity contribution in [2.45, 2.75) is 50.2 Å². The van der Waals surface area contributed by atoms with Gasteiger partial charge in [0.1, 0.15) is 12.1 Å². The van der Waals surface area contributed by atoms with Crippen LogP contribution in [0.3, 0.4) is 0 Å². The smallest absolute Gasteiger partial charge is 0.326 e. The number of aliphatic carboxylic acids is 1. The van der Waals surface area contributed by atoms with E-state index in [0.29, 0.717) is 12.8 Å². The second-order valence-corrected chi connectivity index (χ2v) is 5.87. The molecule has 8 N–H and O–H groups in total. The molecule has 11 nitrogen and oxygen atoms in total. The van der Waals surface area contributed by atoms with Crippen molar-refractivity contribution in [2.75, 3.05) is 6.54 Å². The highest BCUT2D eigenvalue weighted by molar-refractivity contribution is 5.94. The van der Waals surface area contributed by atoms with Crippen LogP contribution in [0.1, 0.15) is 32.1 Å². The van der Waals surface area contributed by atoms with Crippen LogP contribution in [0.5, 0.6) is 0 Å². The Morgan fingerprint density at radius 1 is 1.16 bits per heavy atom. The summed E-state index contributed by atoms with van der Waals surface area (Å²) in [5, 5.41) is 11.4. The molecule has 0 saturated carbocycles. The Labute approximate surface area is 143 Å². The van der Waals surface area contributed by atoms with Crippen LogP contribution >= 0.6 is 0 Å². The second kappa shape index (κ2) is 8.97. The first-order valence-corrected chi connectivity index (χ1v) is 7.79. The predicted octanol–water partition coefficient (Wildman–Crippen LogP) is -2.98. The van der Waals surface area contributed by atoms with Gasteiger partial charge in [-0.05, 0) is 19.3 Å². The minimum atomic E-state index is -1.31. The monoisotopic (exact) mass is 357 g/mol. The lowest BCUT2D eigenvalue weighted by atomic mass is 10.1. The molecule has 0 aromatic carbocycles. The van der Waals surface area contributed by atoms with Gasteiger partial charge in [-0.2, -0.15) is 0 Å². The Morgan fingerprint density at radius 3 is 2.32 bits per heavy atom. The van der Waals surface area contributed by atoms with Crippen LogP contribution in [0.25, 0.3) is 0 Å². The Morgan fingerprint density at radius 2 is 1.80 bits per heavy atom. The number of hydrogen-bond acceptors (Lipinski definition) is 6. The van der Waals surface area contributed by atoms with Gasteiger partial charge in [-0.25, -0.2) is 4.79 Å². The number of amides is 4. The van der Waals surface area contributed by atoms with E-state index in [9.17, 15) is 24.0 Å². The number of nitrogens with zero attached hydrogens (tertiary/aromatic N) is 1. The number of likely N-dealkylation sites (tertiary alicyclic amines) is 1. The molecule has 1 saturated heterocycles. The number of carboxylic acid groups (broad SMARTS) is 1. The number of primary amides is 2. The summed E-state index contributed by atoms with van der Waals surface area (Å²) >= 11 is 0. The van der Waals surface area contributed by atoms with Crippen molar-refractivity contribution in [1.82, 2.24) is 10.2 Å². The molecule has 1 aliphatic rings. The zero-order valence-corrected chi connectivity index (χ0v) is 13.6. The summed E-state index contributed by atoms with van der Waals surface area (Å²) in [6.07, 6.45) is 0.168. The number of hydrogen-bond donors (Lipinski definition) is 5. The molecule has 1 heterocycles. The molecule has 1 rings (SSSR count). The first kappa shape index (κ1) is 20.4. The van der Waals surface area contributed by atoms with E-state index in [1.54, 1.807) is 0 Å². The van der Waals surface area contributed by atoms with Gasteiger partial charge in [0.15, 0.2) is 0 Å². The van der Waals surface area contributed by atoms with Crippen LogP contribution in [0.15, 0.2) is 0 Å². The summed E-state index contributed by atoms with van der Waals surface area (Å²) < 4.78 is 0. The van der Waals surface area contributed by atoms with E-state index in [1.165, 1.54) is 4.90 Å². The van der Waals surface area contributed by atoms with Crippen molar-refractivity contribution in [3.63, 3.8) is 0 Å². The molecule has 11 heteroatoms. The zero-order chi connectivity index (χ0) is 19.1. The molecule has 4 amide bonds. The van der Waals surface area contributed by atoms with E-state index in [4.69, 9.17) is 22.3 Å². The van der Waals surface area contributed by atoms with Gasteiger partial charge >= 0.3 is 5.97 Å². The molecule has 0 spiro atoms. The molecule has 1 fully saturated rings. The van der Waals surface area contributed by atoms with E-state index >= 15 is 0 Å². The van der Waals surface area contributed by atoms with E-state index in [0.717, 1.165) is 0 Å². The number of carbonyl (C=O) groups excluding carboxylic acids is 4. The third kappa shape index (κ3) is 6.03. The van der Waals surface area contributed by atoms with Crippen LogP contribution in [-0.2, 0) is 24.0 Å². The fourth-order valence-corrected chi connectivity index (χ4v) is 2.63. The lowest BCUT2D eigenvalue weighted by molar-refractivity contribution is -0.144. The molecule has 0 aliphatic carbocycles. The van der Waals surface area contributed by atoms with Crippen LogP contribution in [-0.4, -0.2) is 64.3 Å². The van der Waals surface area contributed by atoms with Crippen LogP contribution in [0.4, 0.5) is 0 Å². The standard InChI is InChI=1S/C14H23N5O6/c15-7(6-11(17)21)13(23)19-5-1-2-9(19)12(22)18-8(14(24)25)3-4-10(16)20/h7-9H,1-6,15H2,(H2,16,20)(H2,17,21)(H,18,22)(H,24,25). The largest absolute Gasteiger partial charge is 0.480 e. The van der Waals surface area contributed by atoms with Gasteiger partial charge in [0.2, 0.25) is 23.6 Å². The molecule has 3 atom stereocenters. The maximum Gasteiger partial charge on any atom is 0.326 e. The van der Waals surface area contributed by atoms with E-state index in [2.05, 4.69) is 5.32 Å². The molecule has 1 aliphatic heterocycles. The summed E-state index contributed by atoms with van der Waals surface area (Å²) in [6, 6.07) is -3.34. The van der Waals surface area contributed by atoms with Crippen molar-refractivity contribution < 1.29 is 29.1 Å². The molecule has 0 bridgehead atoms. The SMILES string of the molecule is NC(=O)CCC(NC(=O)C1CCCN1C(=O)C(N)CC(N)=O)C(=O)O. The summed E-state index contributed by atoms with van der Waals surface area (Å²) in [5.41, 5.74) is 15.6. The van der Waals surface area contributed by atoms with Gasteiger partial charge < -0.3 is 32.5 Å². The van der Waals surface area contributed by atoms with Crippen LogP contribution < -0.4 is 22.5 Å². The highest BCUT2D eigenvalue weighted by Crippen LogP contribution is 2.19. The molecule has 0 aromatic heterocycles. The number of carboxylic acids is 1. The second-order valence-electron chi connectivity index (χ2n) is 5.87. The molecular weight excluding hydrogens is 334 g/mol. The maximum absolute atomic E-state index is 12.3. The number of carbonyl (C=O) groups is 5. The number of nitrogens with one attached hydrogen (secondary N) is 1. The van der Waals surface area contributed by atoms with Crippen LogP contribution in [0.2, 0.25) is 0 Å². The lowest BCUT2D eigenvalue weighted by Gasteiger charge is -2.27. The molecule has 140 valence electrons. The summed E-state index contributed by atoms with van der Waals surface area (Å²) in [5.74, 6) is -3.99. The first-order valence-electron chi connectivity index (χ1n) is 7.79. The van der Waals surface area contributed by atoms with Crippen molar-refractivity contribution in [3.05, 3.63) is 0 Å². The first-order chi connectivity index (χ1) is 11.6. The van der Waals surface area contributed by atoms with E-state index in [1.807, 2.05) is 0 Å². The normalized spacial score (nSPS) is 19.1. The summed E-state index contributed by atoms with van der Waals surface area (Å²) in [6.45, 7) is 0.266. The Kier molecular flexibility index (Phi) is 7.30. The fourth-order valence-electron chi connectivity index (χ4n) is 2.63. The zero-order valence-electron chi connectivity index (χ0n) is 13.6. The van der Waals surface area contributed by atoms with Gasteiger partial charge in [-0.1, -0.05) is 0 Å². The highest BCUT2D eigenvalue weighted by atomic mass is 16.4. The lowest BCUT2D eigenvalue weighted by Crippen LogP contribution is -2.54. The minimum Gasteiger partial charge on any atom is -0.480 e. The van der Waals surface area contributed by atoms with Gasteiger partial charge in [0, 0.05) is 13.0 Å². The summed E-state index contributed by atoms with van der Waals surface area (Å²) in [7, 11) is 0. The molecule has 25 heavy (non-hydrogen) atoms. The van der Waals surface area contributed by atoms with Crippen molar-refractivity contribution in [3.8, 4) is 0 Å². The van der Waals surface area contributed by atoms with E-state index < -0.39 is 47.7 Å². The van der Waals surface area contributed by atoms with Crippen LogP contribution in [0, 0.1) is 0 Å². The molecule has 0 aromatic rings. The molecule has 0 radical (unpaired) electrons. The molecule has 3 unspecified atom stereocenters. The Hall–Kier alpha value is -2.69. The highest BCUT2D eigenvalue weighted by Gasteiger charge is 2.37. The number of rotatable bonds is 9. The Balaban J connectivity index is 2.74. The van der Waals surface area contributed by atoms with Gasteiger partial charge in [0.05, 0.1) is 12.5 Å². The fraction of sp³-hybridized carbons (Fsp3) is 0.643. The Bertz CT molecular complexity index is 566. The van der Waals surface area contributed by atoms with Gasteiger partial charge in [-0.15, -0.1) is 0 Å². The van der Waals surface area contributed by atoms with Crippen molar-refractivity contribution >= 4 is 29.6 Å². The number of nitrogens with two attached hydrogens (primary N) is 3. The minimum absolute atomic E-state index is 0.155. The quantitative estimate of drug-likeness (QED) is 0.289. The predicted molar refractivity (Wildman–Crippen MR) is 84.5 cm³/mol. The third-order valence-corrected chi connectivity index (χ3v) is 3.87.